The summed E-state index contributed by atoms with van der Waals surface area (Å²) in [4.78, 5) is 16.4. The molecule has 0 radical (unpaired) electrons. The third-order valence-electron chi connectivity index (χ3n) is 2.83. The van der Waals surface area contributed by atoms with E-state index in [1.54, 1.807) is 47.3 Å². The number of hydrogen-bond acceptors (Lipinski definition) is 3. The van der Waals surface area contributed by atoms with Crippen LogP contribution in [0.2, 0.25) is 5.02 Å². The maximum atomic E-state index is 12.1. The van der Waals surface area contributed by atoms with Gasteiger partial charge in [-0.2, -0.15) is 0 Å². The van der Waals surface area contributed by atoms with Gasteiger partial charge in [-0.25, -0.2) is 4.98 Å². The van der Waals surface area contributed by atoms with Crippen molar-refractivity contribution >= 4 is 41.0 Å². The van der Waals surface area contributed by atoms with E-state index in [-0.39, 0.29) is 5.91 Å². The summed E-state index contributed by atoms with van der Waals surface area (Å²) in [7, 11) is 0. The highest BCUT2D eigenvalue weighted by Gasteiger charge is 2.17. The van der Waals surface area contributed by atoms with Crippen LogP contribution in [0.15, 0.2) is 36.7 Å². The van der Waals surface area contributed by atoms with Crippen molar-refractivity contribution in [1.29, 1.82) is 0 Å². The Morgan fingerprint density at radius 1 is 1.35 bits per heavy atom. The number of carbonyl (C=O) groups is 1. The van der Waals surface area contributed by atoms with E-state index < -0.39 is 0 Å². The summed E-state index contributed by atoms with van der Waals surface area (Å²) >= 11 is 11.9. The van der Waals surface area contributed by atoms with Crippen molar-refractivity contribution in [3.63, 3.8) is 0 Å². The second-order valence-corrected chi connectivity index (χ2v) is 5.09. The van der Waals surface area contributed by atoms with Crippen molar-refractivity contribution < 1.29 is 4.79 Å². The SMILES string of the molecule is O=C(Nc1ccccc1Cl)c1cn2c(n1)C=CN(Cl)C2. The number of rotatable bonds is 2. The van der Waals surface area contributed by atoms with Crippen LogP contribution in [0, 0.1) is 0 Å². The molecule has 2 heterocycles. The van der Waals surface area contributed by atoms with Crippen LogP contribution in [-0.4, -0.2) is 19.9 Å². The number of nitrogens with zero attached hydrogens (tertiary/aromatic N) is 3. The number of imidazole rings is 1. The van der Waals surface area contributed by atoms with E-state index >= 15 is 0 Å². The average Bonchev–Trinajstić information content (AvgIpc) is 2.84. The summed E-state index contributed by atoms with van der Waals surface area (Å²) in [5.74, 6) is 0.376. The molecule has 0 unspecified atom stereocenters. The normalized spacial score (nSPS) is 13.2. The molecule has 3 rings (SSSR count). The molecule has 2 aromatic rings. The number of halogens is 2. The van der Waals surface area contributed by atoms with E-state index in [0.29, 0.717) is 28.9 Å². The monoisotopic (exact) mass is 308 g/mol. The molecule has 0 saturated heterocycles. The summed E-state index contributed by atoms with van der Waals surface area (Å²) in [6.45, 7) is 0.444. The summed E-state index contributed by atoms with van der Waals surface area (Å²) < 4.78 is 3.26. The van der Waals surface area contributed by atoms with E-state index in [2.05, 4.69) is 10.3 Å². The standard InChI is InChI=1S/C13H10Cl2N4O/c14-9-3-1-2-4-10(9)17-13(20)11-7-18-8-19(15)6-5-12(18)16-11/h1-7H,8H2,(H,17,20). The van der Waals surface area contributed by atoms with Gasteiger partial charge in [-0.05, 0) is 18.2 Å². The van der Waals surface area contributed by atoms with E-state index in [1.807, 2.05) is 0 Å². The van der Waals surface area contributed by atoms with Crippen molar-refractivity contribution in [3.05, 3.63) is 53.2 Å². The lowest BCUT2D eigenvalue weighted by Crippen LogP contribution is -2.15. The molecular formula is C13H10Cl2N4O. The molecule has 1 N–H and O–H groups in total. The number of aromatic nitrogens is 2. The molecule has 1 aromatic heterocycles. The van der Waals surface area contributed by atoms with Crippen molar-refractivity contribution in [3.8, 4) is 0 Å². The molecule has 0 fully saturated rings. The minimum atomic E-state index is -0.311. The van der Waals surface area contributed by atoms with Crippen molar-refractivity contribution in [2.45, 2.75) is 6.67 Å². The van der Waals surface area contributed by atoms with Gasteiger partial charge in [-0.15, -0.1) is 0 Å². The Balaban J connectivity index is 1.82. The van der Waals surface area contributed by atoms with Crippen LogP contribution in [0.5, 0.6) is 0 Å². The van der Waals surface area contributed by atoms with E-state index in [1.165, 1.54) is 4.42 Å². The van der Waals surface area contributed by atoms with Gasteiger partial charge in [0.2, 0.25) is 0 Å². The van der Waals surface area contributed by atoms with E-state index in [0.717, 1.165) is 0 Å². The number of hydrogen-bond donors (Lipinski definition) is 1. The van der Waals surface area contributed by atoms with Crippen LogP contribution in [0.3, 0.4) is 0 Å². The molecule has 7 heteroatoms. The fourth-order valence-electron chi connectivity index (χ4n) is 1.88. The molecule has 1 aliphatic heterocycles. The molecule has 20 heavy (non-hydrogen) atoms. The lowest BCUT2D eigenvalue weighted by Gasteiger charge is -2.16. The highest BCUT2D eigenvalue weighted by Crippen LogP contribution is 2.21. The van der Waals surface area contributed by atoms with Gasteiger partial charge in [0.05, 0.1) is 10.7 Å². The quantitative estimate of drug-likeness (QED) is 0.867. The summed E-state index contributed by atoms with van der Waals surface area (Å²) in [5.41, 5.74) is 0.871. The van der Waals surface area contributed by atoms with Crippen LogP contribution in [0.4, 0.5) is 5.69 Å². The highest BCUT2D eigenvalue weighted by molar-refractivity contribution is 6.33. The Bertz CT molecular complexity index is 695. The predicted octanol–water partition coefficient (Wildman–Crippen LogP) is 3.19. The Morgan fingerprint density at radius 3 is 2.95 bits per heavy atom. The zero-order valence-corrected chi connectivity index (χ0v) is 11.8. The number of nitrogens with one attached hydrogen (secondary N) is 1. The molecule has 0 aliphatic carbocycles. The molecule has 102 valence electrons. The molecule has 0 spiro atoms. The molecule has 5 nitrogen and oxygen atoms in total. The fraction of sp³-hybridized carbons (Fsp3) is 0.0769. The van der Waals surface area contributed by atoms with E-state index in [4.69, 9.17) is 23.4 Å². The summed E-state index contributed by atoms with van der Waals surface area (Å²) in [5, 5.41) is 3.21. The molecule has 0 atom stereocenters. The lowest BCUT2D eigenvalue weighted by atomic mass is 10.3. The maximum Gasteiger partial charge on any atom is 0.275 e. The number of para-hydroxylation sites is 1. The van der Waals surface area contributed by atoms with Crippen LogP contribution in [0.1, 0.15) is 16.3 Å². The van der Waals surface area contributed by atoms with Crippen LogP contribution >= 0.6 is 23.4 Å². The van der Waals surface area contributed by atoms with Crippen molar-refractivity contribution in [1.82, 2.24) is 14.0 Å². The van der Waals surface area contributed by atoms with Gasteiger partial charge in [-0.1, -0.05) is 23.7 Å². The van der Waals surface area contributed by atoms with Crippen LogP contribution in [0.25, 0.3) is 6.08 Å². The van der Waals surface area contributed by atoms with Crippen molar-refractivity contribution in [2.75, 3.05) is 5.32 Å². The number of anilines is 1. The summed E-state index contributed by atoms with van der Waals surface area (Å²) in [6, 6.07) is 7.04. The summed E-state index contributed by atoms with van der Waals surface area (Å²) in [6.07, 6.45) is 5.09. The Hall–Kier alpha value is -1.98. The number of benzene rings is 1. The molecular weight excluding hydrogens is 299 g/mol. The second kappa shape index (κ2) is 5.19. The van der Waals surface area contributed by atoms with Gasteiger partial charge in [0.1, 0.15) is 18.2 Å². The first-order valence-electron chi connectivity index (χ1n) is 5.87. The first-order valence-corrected chi connectivity index (χ1v) is 6.59. The number of carbonyl (C=O) groups excluding carboxylic acids is 1. The highest BCUT2D eigenvalue weighted by atomic mass is 35.5. The fourth-order valence-corrected chi connectivity index (χ4v) is 2.23. The Labute approximate surface area is 125 Å². The third-order valence-corrected chi connectivity index (χ3v) is 3.38. The lowest BCUT2D eigenvalue weighted by molar-refractivity contribution is 0.102. The molecule has 0 bridgehead atoms. The number of amides is 1. The zero-order valence-electron chi connectivity index (χ0n) is 10.3. The average molecular weight is 309 g/mol. The Kier molecular flexibility index (Phi) is 3.38. The smallest absolute Gasteiger partial charge is 0.275 e. The van der Waals surface area contributed by atoms with E-state index in [9.17, 15) is 4.79 Å². The largest absolute Gasteiger partial charge is 0.319 e. The number of fused-ring (bicyclic) bond motifs is 1. The molecule has 0 saturated carbocycles. The Morgan fingerprint density at radius 2 is 2.15 bits per heavy atom. The van der Waals surface area contributed by atoms with Crippen LogP contribution in [-0.2, 0) is 6.67 Å². The zero-order chi connectivity index (χ0) is 14.1. The third kappa shape index (κ3) is 2.50. The van der Waals surface area contributed by atoms with Gasteiger partial charge in [-0.3, -0.25) is 9.21 Å². The van der Waals surface area contributed by atoms with Gasteiger partial charge in [0, 0.05) is 24.2 Å². The molecule has 1 aromatic carbocycles. The molecule has 1 amide bonds. The van der Waals surface area contributed by atoms with Gasteiger partial charge in [0.25, 0.3) is 5.91 Å². The maximum absolute atomic E-state index is 12.1. The second-order valence-electron chi connectivity index (χ2n) is 4.24. The van der Waals surface area contributed by atoms with Gasteiger partial charge in [0.15, 0.2) is 0 Å². The van der Waals surface area contributed by atoms with Gasteiger partial charge < -0.3 is 9.88 Å². The minimum Gasteiger partial charge on any atom is -0.319 e. The van der Waals surface area contributed by atoms with Gasteiger partial charge >= 0.3 is 0 Å². The van der Waals surface area contributed by atoms with Crippen LogP contribution < -0.4 is 5.32 Å². The molecule has 1 aliphatic rings. The predicted molar refractivity (Wildman–Crippen MR) is 78.4 cm³/mol. The minimum absolute atomic E-state index is 0.311. The topological polar surface area (TPSA) is 50.2 Å². The first kappa shape index (κ1) is 13.0. The van der Waals surface area contributed by atoms with Crippen molar-refractivity contribution in [2.24, 2.45) is 0 Å². The first-order chi connectivity index (χ1) is 9.63.